The van der Waals surface area contributed by atoms with Crippen molar-refractivity contribution in [1.29, 1.82) is 0 Å². The van der Waals surface area contributed by atoms with Crippen LogP contribution < -0.4 is 10.6 Å². The van der Waals surface area contributed by atoms with Gasteiger partial charge < -0.3 is 15.7 Å². The van der Waals surface area contributed by atoms with E-state index in [0.717, 1.165) is 25.0 Å². The van der Waals surface area contributed by atoms with Crippen LogP contribution >= 0.6 is 0 Å². The van der Waals surface area contributed by atoms with Crippen molar-refractivity contribution in [1.82, 2.24) is 0 Å². The third kappa shape index (κ3) is 3.45. The molecule has 5 nitrogen and oxygen atoms in total. The lowest BCUT2D eigenvalue weighted by Crippen LogP contribution is -2.32. The molecule has 8 heteroatoms. The molecule has 1 aliphatic rings. The maximum absolute atomic E-state index is 13.0. The molecule has 1 fully saturated rings. The minimum absolute atomic E-state index is 0.0818. The van der Waals surface area contributed by atoms with Gasteiger partial charge in [-0.05, 0) is 31.0 Å². The van der Waals surface area contributed by atoms with Crippen LogP contribution in [0.25, 0.3) is 0 Å². The number of halogens is 3. The Balaban J connectivity index is 2.45. The molecule has 0 radical (unpaired) electrons. The molecule has 3 N–H and O–H groups in total. The normalized spacial score (nSPS) is 14.8. The topological polar surface area (TPSA) is 83.6 Å². The Morgan fingerprint density at radius 1 is 1.33 bits per heavy atom. The van der Waals surface area contributed by atoms with Gasteiger partial charge in [0.15, 0.2) is 0 Å². The highest BCUT2D eigenvalue weighted by Crippen LogP contribution is 2.37. The lowest BCUT2D eigenvalue weighted by molar-refractivity contribution is -0.138. The van der Waals surface area contributed by atoms with E-state index in [-0.39, 0.29) is 11.7 Å². The van der Waals surface area contributed by atoms with Crippen LogP contribution in [0.4, 0.5) is 18.9 Å². The molecular weight excluding hydrogens is 289 g/mol. The quantitative estimate of drug-likeness (QED) is 0.869. The summed E-state index contributed by atoms with van der Waals surface area (Å²) in [6, 6.07) is 2.97. The van der Waals surface area contributed by atoms with Gasteiger partial charge in [-0.25, -0.2) is 0 Å². The van der Waals surface area contributed by atoms with Crippen molar-refractivity contribution in [3.8, 4) is 0 Å². The van der Waals surface area contributed by atoms with E-state index in [1.807, 2.05) is 0 Å². The highest BCUT2D eigenvalue weighted by Gasteiger charge is 2.37. The van der Waals surface area contributed by atoms with Crippen LogP contribution in [0.15, 0.2) is 18.2 Å². The van der Waals surface area contributed by atoms with Gasteiger partial charge in [-0.2, -0.15) is 13.2 Å². The summed E-state index contributed by atoms with van der Waals surface area (Å²) in [6.45, 7) is -0.391. The van der Waals surface area contributed by atoms with Crippen LogP contribution in [0.5, 0.6) is 0 Å². The lowest BCUT2D eigenvalue weighted by Gasteiger charge is -2.24. The Morgan fingerprint density at radius 3 is 2.38 bits per heavy atom. The number of hydrogen-bond donors (Lipinski definition) is 2. The van der Waals surface area contributed by atoms with E-state index in [2.05, 4.69) is 0 Å². The summed E-state index contributed by atoms with van der Waals surface area (Å²) in [6.07, 6.45) is -3.28. The number of carbonyl (C=O) groups is 2. The van der Waals surface area contributed by atoms with Crippen LogP contribution in [0.2, 0.25) is 0 Å². The average Bonchev–Trinajstić information content (AvgIpc) is 3.18. The van der Waals surface area contributed by atoms with E-state index in [4.69, 9.17) is 10.8 Å². The summed E-state index contributed by atoms with van der Waals surface area (Å²) >= 11 is 0. The highest BCUT2D eigenvalue weighted by atomic mass is 19.4. The number of carbonyl (C=O) groups excluding carboxylic acids is 1. The summed E-state index contributed by atoms with van der Waals surface area (Å²) in [7, 11) is 0. The van der Waals surface area contributed by atoms with Gasteiger partial charge in [-0.15, -0.1) is 0 Å². The molecular formula is C13H13F3N2O3. The zero-order chi connectivity index (χ0) is 15.8. The van der Waals surface area contributed by atoms with Crippen molar-refractivity contribution in [3.63, 3.8) is 0 Å². The van der Waals surface area contributed by atoms with Gasteiger partial charge >= 0.3 is 12.1 Å². The Kier molecular flexibility index (Phi) is 3.80. The fourth-order valence-electron chi connectivity index (χ4n) is 2.12. The number of anilines is 1. The molecule has 0 spiro atoms. The SMILES string of the molecule is NC(=O)c1ccc(N(CC(=O)O)C2CC2)cc1C(F)(F)F. The average molecular weight is 302 g/mol. The third-order valence-electron chi connectivity index (χ3n) is 3.20. The molecule has 0 heterocycles. The first-order valence-corrected chi connectivity index (χ1v) is 6.19. The molecule has 2 rings (SSSR count). The Hall–Kier alpha value is -2.25. The van der Waals surface area contributed by atoms with Gasteiger partial charge in [0.05, 0.1) is 11.1 Å². The number of amides is 1. The first-order valence-electron chi connectivity index (χ1n) is 6.19. The maximum atomic E-state index is 13.0. The van der Waals surface area contributed by atoms with Gasteiger partial charge in [0.2, 0.25) is 5.91 Å². The Bertz CT molecular complexity index is 583. The molecule has 1 aromatic carbocycles. The van der Waals surface area contributed by atoms with Crippen molar-refractivity contribution in [2.45, 2.75) is 25.1 Å². The minimum Gasteiger partial charge on any atom is -0.480 e. The van der Waals surface area contributed by atoms with E-state index < -0.39 is 35.7 Å². The molecule has 114 valence electrons. The molecule has 0 bridgehead atoms. The summed E-state index contributed by atoms with van der Waals surface area (Å²) in [5.74, 6) is -2.31. The number of rotatable bonds is 5. The van der Waals surface area contributed by atoms with Crippen molar-refractivity contribution in [2.24, 2.45) is 5.73 Å². The smallest absolute Gasteiger partial charge is 0.417 e. The molecule has 0 aromatic heterocycles. The van der Waals surface area contributed by atoms with E-state index in [1.165, 1.54) is 11.0 Å². The zero-order valence-corrected chi connectivity index (χ0v) is 10.9. The number of nitrogens with zero attached hydrogens (tertiary/aromatic N) is 1. The summed E-state index contributed by atoms with van der Waals surface area (Å²) < 4.78 is 39.0. The van der Waals surface area contributed by atoms with Crippen LogP contribution in [0.3, 0.4) is 0 Å². The number of alkyl halides is 3. The van der Waals surface area contributed by atoms with E-state index in [0.29, 0.717) is 0 Å². The first-order chi connectivity index (χ1) is 9.70. The second-order valence-corrected chi connectivity index (χ2v) is 4.84. The monoisotopic (exact) mass is 302 g/mol. The number of carboxylic acid groups (broad SMARTS) is 1. The number of carboxylic acids is 1. The molecule has 0 atom stereocenters. The molecule has 1 aromatic rings. The van der Waals surface area contributed by atoms with Crippen LogP contribution in [-0.4, -0.2) is 29.6 Å². The third-order valence-corrected chi connectivity index (χ3v) is 3.20. The van der Waals surface area contributed by atoms with Crippen LogP contribution in [0.1, 0.15) is 28.8 Å². The fourth-order valence-corrected chi connectivity index (χ4v) is 2.12. The molecule has 0 saturated heterocycles. The van der Waals surface area contributed by atoms with Crippen LogP contribution in [-0.2, 0) is 11.0 Å². The van der Waals surface area contributed by atoms with E-state index in [9.17, 15) is 22.8 Å². The molecule has 1 aliphatic carbocycles. The van der Waals surface area contributed by atoms with Gasteiger partial charge in [-0.3, -0.25) is 9.59 Å². The second kappa shape index (κ2) is 5.27. The number of aliphatic carboxylic acids is 1. The largest absolute Gasteiger partial charge is 0.480 e. The number of nitrogens with two attached hydrogens (primary N) is 1. The fraction of sp³-hybridized carbons (Fsp3) is 0.385. The zero-order valence-electron chi connectivity index (χ0n) is 10.9. The maximum Gasteiger partial charge on any atom is 0.417 e. The molecule has 1 amide bonds. The van der Waals surface area contributed by atoms with E-state index >= 15 is 0 Å². The van der Waals surface area contributed by atoms with Crippen LogP contribution in [0, 0.1) is 0 Å². The summed E-state index contributed by atoms with van der Waals surface area (Å²) in [5, 5.41) is 8.86. The Labute approximate surface area is 118 Å². The highest BCUT2D eigenvalue weighted by molar-refractivity contribution is 5.95. The minimum atomic E-state index is -4.74. The van der Waals surface area contributed by atoms with E-state index in [1.54, 1.807) is 0 Å². The number of primary amides is 1. The number of hydrogen-bond acceptors (Lipinski definition) is 3. The van der Waals surface area contributed by atoms with Gasteiger partial charge in [0.1, 0.15) is 6.54 Å². The molecule has 1 saturated carbocycles. The first kappa shape index (κ1) is 15.1. The lowest BCUT2D eigenvalue weighted by atomic mass is 10.0. The molecule has 21 heavy (non-hydrogen) atoms. The van der Waals surface area contributed by atoms with Crippen molar-refractivity contribution in [2.75, 3.05) is 11.4 Å². The van der Waals surface area contributed by atoms with Crippen molar-refractivity contribution in [3.05, 3.63) is 29.3 Å². The predicted molar refractivity (Wildman–Crippen MR) is 68.0 cm³/mol. The standard InChI is InChI=1S/C13H13F3N2O3/c14-13(15,16)10-5-8(3-4-9(10)12(17)21)18(6-11(19)20)7-1-2-7/h3-5,7H,1-2,6H2,(H2,17,21)(H,19,20). The van der Waals surface area contributed by atoms with Gasteiger partial charge in [0.25, 0.3) is 0 Å². The molecule has 0 unspecified atom stereocenters. The van der Waals surface area contributed by atoms with Gasteiger partial charge in [-0.1, -0.05) is 0 Å². The Morgan fingerprint density at radius 2 is 1.95 bits per heavy atom. The molecule has 0 aliphatic heterocycles. The predicted octanol–water partition coefficient (Wildman–Crippen LogP) is 1.86. The summed E-state index contributed by atoms with van der Waals surface area (Å²) in [4.78, 5) is 23.3. The van der Waals surface area contributed by atoms with Crippen molar-refractivity contribution >= 4 is 17.6 Å². The summed E-state index contributed by atoms with van der Waals surface area (Å²) in [5.41, 5.74) is 3.29. The second-order valence-electron chi connectivity index (χ2n) is 4.84. The number of benzene rings is 1. The van der Waals surface area contributed by atoms with Gasteiger partial charge in [0, 0.05) is 11.7 Å². The van der Waals surface area contributed by atoms with Crippen molar-refractivity contribution < 1.29 is 27.9 Å².